The predicted octanol–water partition coefficient (Wildman–Crippen LogP) is 3.13. The van der Waals surface area contributed by atoms with Crippen molar-refractivity contribution in [3.05, 3.63) is 29.8 Å². The number of hydrogen-bond donors (Lipinski definition) is 2. The molecule has 0 amide bonds. The van der Waals surface area contributed by atoms with E-state index in [0.717, 1.165) is 24.8 Å². The minimum Gasteiger partial charge on any atom is -0.398 e. The number of para-hydroxylation sites is 1. The molecule has 0 aliphatic heterocycles. The third-order valence-electron chi connectivity index (χ3n) is 2.61. The van der Waals surface area contributed by atoms with E-state index in [9.17, 15) is 5.11 Å². The zero-order valence-corrected chi connectivity index (χ0v) is 9.61. The van der Waals surface area contributed by atoms with Gasteiger partial charge in [-0.15, -0.1) is 0 Å². The number of nitrogens with two attached hydrogens (primary N) is 1. The van der Waals surface area contributed by atoms with Gasteiger partial charge in [-0.3, -0.25) is 0 Å². The zero-order valence-electron chi connectivity index (χ0n) is 9.61. The van der Waals surface area contributed by atoms with Gasteiger partial charge >= 0.3 is 0 Å². The van der Waals surface area contributed by atoms with E-state index >= 15 is 0 Å². The quantitative estimate of drug-likeness (QED) is 0.729. The van der Waals surface area contributed by atoms with Crippen molar-refractivity contribution >= 4 is 5.69 Å². The lowest BCUT2D eigenvalue weighted by molar-refractivity contribution is 0.163. The average molecular weight is 207 g/mol. The molecular formula is C13H21NO. The van der Waals surface area contributed by atoms with E-state index in [2.05, 4.69) is 13.8 Å². The number of nitrogen functional groups attached to an aromatic ring is 1. The molecule has 0 heterocycles. The van der Waals surface area contributed by atoms with Crippen LogP contribution in [0.1, 0.15) is 44.8 Å². The third-order valence-corrected chi connectivity index (χ3v) is 2.61. The van der Waals surface area contributed by atoms with E-state index < -0.39 is 6.10 Å². The highest BCUT2D eigenvalue weighted by Crippen LogP contribution is 2.24. The van der Waals surface area contributed by atoms with Gasteiger partial charge in [-0.2, -0.15) is 0 Å². The van der Waals surface area contributed by atoms with Crippen LogP contribution in [0.5, 0.6) is 0 Å². The van der Waals surface area contributed by atoms with E-state index in [0.29, 0.717) is 11.6 Å². The molecule has 1 aromatic rings. The molecule has 0 spiro atoms. The second-order valence-electron chi connectivity index (χ2n) is 4.47. The van der Waals surface area contributed by atoms with E-state index in [-0.39, 0.29) is 0 Å². The molecule has 0 aromatic heterocycles. The van der Waals surface area contributed by atoms with E-state index in [1.54, 1.807) is 0 Å². The first-order valence-electron chi connectivity index (χ1n) is 5.63. The maximum Gasteiger partial charge on any atom is 0.0809 e. The molecule has 2 heteroatoms. The van der Waals surface area contributed by atoms with Crippen LogP contribution in [0.4, 0.5) is 5.69 Å². The molecule has 0 saturated carbocycles. The zero-order chi connectivity index (χ0) is 11.3. The number of aliphatic hydroxyl groups excluding tert-OH is 1. The lowest BCUT2D eigenvalue weighted by Gasteiger charge is -2.13. The van der Waals surface area contributed by atoms with Crippen molar-refractivity contribution in [2.75, 3.05) is 5.73 Å². The molecule has 3 N–H and O–H groups in total. The highest BCUT2D eigenvalue weighted by Gasteiger charge is 2.09. The van der Waals surface area contributed by atoms with Gasteiger partial charge in [0.2, 0.25) is 0 Å². The topological polar surface area (TPSA) is 46.2 Å². The Kier molecular flexibility index (Phi) is 4.63. The van der Waals surface area contributed by atoms with Gasteiger partial charge < -0.3 is 10.8 Å². The van der Waals surface area contributed by atoms with Crippen molar-refractivity contribution in [3.63, 3.8) is 0 Å². The molecule has 0 fully saturated rings. The van der Waals surface area contributed by atoms with Gasteiger partial charge in [0.05, 0.1) is 6.10 Å². The van der Waals surface area contributed by atoms with Gasteiger partial charge in [0, 0.05) is 11.3 Å². The van der Waals surface area contributed by atoms with Gasteiger partial charge in [0.25, 0.3) is 0 Å². The van der Waals surface area contributed by atoms with Crippen molar-refractivity contribution < 1.29 is 5.11 Å². The highest BCUT2D eigenvalue weighted by atomic mass is 16.3. The summed E-state index contributed by atoms with van der Waals surface area (Å²) in [6, 6.07) is 7.54. The molecule has 1 atom stereocenters. The number of rotatable bonds is 5. The summed E-state index contributed by atoms with van der Waals surface area (Å²) in [5.41, 5.74) is 7.34. The molecule has 1 rings (SSSR count). The smallest absolute Gasteiger partial charge is 0.0809 e. The Morgan fingerprint density at radius 3 is 2.47 bits per heavy atom. The standard InChI is InChI=1S/C13H21NO/c1-10(2)6-5-9-13(15)11-7-3-4-8-12(11)14/h3-4,7-8,10,13,15H,5-6,9,14H2,1-2H3. The summed E-state index contributed by atoms with van der Waals surface area (Å²) < 4.78 is 0. The van der Waals surface area contributed by atoms with Gasteiger partial charge in [-0.05, 0) is 18.4 Å². The van der Waals surface area contributed by atoms with Crippen LogP contribution in [0.15, 0.2) is 24.3 Å². The van der Waals surface area contributed by atoms with Crippen LogP contribution in [0.3, 0.4) is 0 Å². The molecule has 0 saturated heterocycles. The Balaban J connectivity index is 2.47. The average Bonchev–Trinajstić information content (AvgIpc) is 2.17. The number of hydrogen-bond acceptors (Lipinski definition) is 2. The summed E-state index contributed by atoms with van der Waals surface area (Å²) in [5.74, 6) is 0.699. The molecule has 0 radical (unpaired) electrons. The van der Waals surface area contributed by atoms with Crippen LogP contribution >= 0.6 is 0 Å². The van der Waals surface area contributed by atoms with Gasteiger partial charge in [-0.1, -0.05) is 44.9 Å². The summed E-state index contributed by atoms with van der Waals surface area (Å²) in [7, 11) is 0. The van der Waals surface area contributed by atoms with Crippen LogP contribution in [0.2, 0.25) is 0 Å². The summed E-state index contributed by atoms with van der Waals surface area (Å²) in [6.07, 6.45) is 2.59. The fraction of sp³-hybridized carbons (Fsp3) is 0.538. The molecule has 15 heavy (non-hydrogen) atoms. The summed E-state index contributed by atoms with van der Waals surface area (Å²) in [5, 5.41) is 9.93. The minimum atomic E-state index is -0.412. The maximum atomic E-state index is 9.93. The maximum absolute atomic E-state index is 9.93. The lowest BCUT2D eigenvalue weighted by atomic mass is 9.99. The first-order chi connectivity index (χ1) is 7.11. The summed E-state index contributed by atoms with van der Waals surface area (Å²) in [6.45, 7) is 4.40. The summed E-state index contributed by atoms with van der Waals surface area (Å²) >= 11 is 0. The van der Waals surface area contributed by atoms with Crippen LogP contribution in [0.25, 0.3) is 0 Å². The molecule has 2 nitrogen and oxygen atoms in total. The molecule has 0 aliphatic rings. The summed E-state index contributed by atoms with van der Waals surface area (Å²) in [4.78, 5) is 0. The fourth-order valence-electron chi connectivity index (χ4n) is 1.69. The molecular weight excluding hydrogens is 186 g/mol. The van der Waals surface area contributed by atoms with Crippen LogP contribution in [-0.2, 0) is 0 Å². The predicted molar refractivity (Wildman–Crippen MR) is 64.5 cm³/mol. The normalized spacial score (nSPS) is 13.1. The van der Waals surface area contributed by atoms with Crippen molar-refractivity contribution in [1.29, 1.82) is 0 Å². The number of anilines is 1. The second kappa shape index (κ2) is 5.76. The first kappa shape index (κ1) is 12.1. The molecule has 84 valence electrons. The number of aliphatic hydroxyl groups is 1. The Hall–Kier alpha value is -1.02. The van der Waals surface area contributed by atoms with Crippen LogP contribution in [-0.4, -0.2) is 5.11 Å². The highest BCUT2D eigenvalue weighted by molar-refractivity contribution is 5.47. The Morgan fingerprint density at radius 1 is 1.20 bits per heavy atom. The molecule has 0 bridgehead atoms. The van der Waals surface area contributed by atoms with Crippen LogP contribution < -0.4 is 5.73 Å². The Bertz CT molecular complexity index is 296. The minimum absolute atomic E-state index is 0.412. The van der Waals surface area contributed by atoms with E-state index in [1.807, 2.05) is 24.3 Å². The SMILES string of the molecule is CC(C)CCCC(O)c1ccccc1N. The lowest BCUT2D eigenvalue weighted by Crippen LogP contribution is -2.02. The van der Waals surface area contributed by atoms with Gasteiger partial charge in [0.1, 0.15) is 0 Å². The van der Waals surface area contributed by atoms with E-state index in [1.165, 1.54) is 0 Å². The molecule has 0 aliphatic carbocycles. The van der Waals surface area contributed by atoms with Crippen molar-refractivity contribution in [2.24, 2.45) is 5.92 Å². The largest absolute Gasteiger partial charge is 0.398 e. The van der Waals surface area contributed by atoms with Crippen molar-refractivity contribution in [2.45, 2.75) is 39.2 Å². The van der Waals surface area contributed by atoms with Gasteiger partial charge in [-0.25, -0.2) is 0 Å². The fourth-order valence-corrected chi connectivity index (χ4v) is 1.69. The Morgan fingerprint density at radius 2 is 1.87 bits per heavy atom. The van der Waals surface area contributed by atoms with Crippen molar-refractivity contribution in [3.8, 4) is 0 Å². The third kappa shape index (κ3) is 3.92. The Labute approximate surface area is 92.1 Å². The molecule has 1 aromatic carbocycles. The van der Waals surface area contributed by atoms with Crippen molar-refractivity contribution in [1.82, 2.24) is 0 Å². The number of benzene rings is 1. The van der Waals surface area contributed by atoms with E-state index in [4.69, 9.17) is 5.73 Å². The monoisotopic (exact) mass is 207 g/mol. The van der Waals surface area contributed by atoms with Gasteiger partial charge in [0.15, 0.2) is 0 Å². The second-order valence-corrected chi connectivity index (χ2v) is 4.47. The first-order valence-corrected chi connectivity index (χ1v) is 5.63. The van der Waals surface area contributed by atoms with Crippen LogP contribution in [0, 0.1) is 5.92 Å². The molecule has 1 unspecified atom stereocenters.